The molecule has 0 fully saturated rings. The zero-order valence-electron chi connectivity index (χ0n) is 6.82. The highest BCUT2D eigenvalue weighted by Gasteiger charge is 2.01. The highest BCUT2D eigenvalue weighted by Crippen LogP contribution is 2.19. The van der Waals surface area contributed by atoms with Crippen LogP contribution in [0.1, 0.15) is 5.56 Å². The van der Waals surface area contributed by atoms with Crippen LogP contribution in [-0.4, -0.2) is 11.4 Å². The van der Waals surface area contributed by atoms with E-state index in [2.05, 4.69) is 0 Å². The molecule has 12 heavy (non-hydrogen) atoms. The lowest BCUT2D eigenvalue weighted by atomic mass is 10.2. The molecule has 0 aromatic heterocycles. The molecule has 0 aliphatic heterocycles. The van der Waals surface area contributed by atoms with Gasteiger partial charge in [0, 0.05) is 6.42 Å². The minimum Gasteiger partial charge on any atom is -0.286 e. The second-order valence-corrected chi connectivity index (χ2v) is 4.74. The van der Waals surface area contributed by atoms with E-state index in [0.717, 1.165) is 5.56 Å². The van der Waals surface area contributed by atoms with Crippen LogP contribution in [0, 0.1) is 0 Å². The molecule has 1 aromatic rings. The number of hydrogen-bond donors (Lipinski definition) is 0. The Labute approximate surface area is 80.3 Å². The summed E-state index contributed by atoms with van der Waals surface area (Å²) in [6.45, 7) is 0. The second-order valence-electron chi connectivity index (χ2n) is 2.28. The Bertz CT molecular complexity index is 246. The third-order valence-electron chi connectivity index (χ3n) is 1.37. The maximum absolute atomic E-state index is 11.2. The van der Waals surface area contributed by atoms with Crippen molar-refractivity contribution < 1.29 is 4.79 Å². The molecule has 0 bridgehead atoms. The average Bonchev–Trinajstić information content (AvgIpc) is 2.06. The first-order valence-electron chi connectivity index (χ1n) is 3.60. The van der Waals surface area contributed by atoms with Crippen LogP contribution < -0.4 is 0 Å². The van der Waals surface area contributed by atoms with Crippen molar-refractivity contribution >= 4 is 26.7 Å². The fourth-order valence-electron chi connectivity index (χ4n) is 0.885. The van der Waals surface area contributed by atoms with Gasteiger partial charge in [0.05, 0.1) is 0 Å². The Morgan fingerprint density at radius 2 is 2.00 bits per heavy atom. The molecule has 0 spiro atoms. The van der Waals surface area contributed by atoms with Gasteiger partial charge in [0.1, 0.15) is 0 Å². The summed E-state index contributed by atoms with van der Waals surface area (Å²) in [7, 11) is 2.80. The number of carbonyl (C=O) groups is 1. The Morgan fingerprint density at radius 1 is 1.33 bits per heavy atom. The van der Waals surface area contributed by atoms with Gasteiger partial charge in [-0.15, -0.1) is 0 Å². The van der Waals surface area contributed by atoms with Crippen LogP contribution in [0.15, 0.2) is 30.3 Å². The maximum Gasteiger partial charge on any atom is 0.203 e. The lowest BCUT2D eigenvalue weighted by Crippen LogP contribution is -1.94. The molecule has 3 heteroatoms. The summed E-state index contributed by atoms with van der Waals surface area (Å²) in [5.41, 5.74) is 1.09. The summed E-state index contributed by atoms with van der Waals surface area (Å²) in [6.07, 6.45) is 2.44. The lowest BCUT2D eigenvalue weighted by Gasteiger charge is -1.97. The van der Waals surface area contributed by atoms with Crippen molar-refractivity contribution in [3.05, 3.63) is 35.9 Å². The van der Waals surface area contributed by atoms with E-state index < -0.39 is 0 Å². The molecule has 0 saturated carbocycles. The monoisotopic (exact) mass is 198 g/mol. The van der Waals surface area contributed by atoms with E-state index in [1.54, 1.807) is 0 Å². The van der Waals surface area contributed by atoms with Gasteiger partial charge in [-0.3, -0.25) is 4.79 Å². The largest absolute Gasteiger partial charge is 0.286 e. The molecule has 1 rings (SSSR count). The van der Waals surface area contributed by atoms with Crippen molar-refractivity contribution in [2.24, 2.45) is 0 Å². The minimum atomic E-state index is 0.216. The first-order chi connectivity index (χ1) is 5.83. The standard InChI is InChI=1S/C9H10OS2/c1-11-12-9(10)7-8-5-3-2-4-6-8/h2-6H,7H2,1H3. The highest BCUT2D eigenvalue weighted by atomic mass is 33.1. The van der Waals surface area contributed by atoms with E-state index in [9.17, 15) is 4.79 Å². The topological polar surface area (TPSA) is 17.1 Å². The number of rotatable bonds is 3. The van der Waals surface area contributed by atoms with Crippen molar-refractivity contribution in [3.8, 4) is 0 Å². The van der Waals surface area contributed by atoms with Crippen LogP contribution in [0.3, 0.4) is 0 Å². The van der Waals surface area contributed by atoms with Gasteiger partial charge in [0.15, 0.2) is 0 Å². The predicted octanol–water partition coefficient (Wildman–Crippen LogP) is 2.77. The third kappa shape index (κ3) is 3.32. The van der Waals surface area contributed by atoms with Crippen molar-refractivity contribution in [2.45, 2.75) is 6.42 Å². The Kier molecular flexibility index (Phi) is 4.25. The van der Waals surface area contributed by atoms with Crippen LogP contribution in [0.25, 0.3) is 0 Å². The Hall–Kier alpha value is -0.410. The van der Waals surface area contributed by atoms with Gasteiger partial charge in [-0.2, -0.15) is 0 Å². The van der Waals surface area contributed by atoms with Crippen molar-refractivity contribution in [1.29, 1.82) is 0 Å². The third-order valence-corrected chi connectivity index (χ3v) is 2.92. The van der Waals surface area contributed by atoms with Crippen LogP contribution in [0.2, 0.25) is 0 Å². The summed E-state index contributed by atoms with van der Waals surface area (Å²) in [5.74, 6) is 0. The van der Waals surface area contributed by atoms with Crippen molar-refractivity contribution in [2.75, 3.05) is 6.26 Å². The molecule has 1 aromatic carbocycles. The Balaban J connectivity index is 2.47. The number of benzene rings is 1. The molecule has 0 N–H and O–H groups in total. The summed E-state index contributed by atoms with van der Waals surface area (Å²) in [6, 6.07) is 9.80. The molecule has 0 atom stereocenters. The summed E-state index contributed by atoms with van der Waals surface area (Å²) in [4.78, 5) is 11.2. The zero-order valence-corrected chi connectivity index (χ0v) is 8.45. The number of carbonyl (C=O) groups excluding carboxylic acids is 1. The molecule has 0 aliphatic carbocycles. The van der Waals surface area contributed by atoms with Gasteiger partial charge in [-0.05, 0) is 22.6 Å². The fourth-order valence-corrected chi connectivity index (χ4v) is 2.03. The molecular formula is C9H10OS2. The van der Waals surface area contributed by atoms with E-state index in [0.29, 0.717) is 6.42 Å². The van der Waals surface area contributed by atoms with Crippen molar-refractivity contribution in [3.63, 3.8) is 0 Å². The predicted molar refractivity (Wildman–Crippen MR) is 56.3 cm³/mol. The van der Waals surface area contributed by atoms with Gasteiger partial charge in [-0.1, -0.05) is 41.1 Å². The van der Waals surface area contributed by atoms with Gasteiger partial charge in [-0.25, -0.2) is 0 Å². The first kappa shape index (κ1) is 9.68. The van der Waals surface area contributed by atoms with E-state index in [1.165, 1.54) is 21.6 Å². The Morgan fingerprint density at radius 3 is 2.58 bits per heavy atom. The van der Waals surface area contributed by atoms with Crippen LogP contribution in [0.4, 0.5) is 0 Å². The molecule has 0 amide bonds. The highest BCUT2D eigenvalue weighted by molar-refractivity contribution is 8.82. The second kappa shape index (κ2) is 5.27. The first-order valence-corrected chi connectivity index (χ1v) is 6.16. The van der Waals surface area contributed by atoms with Crippen LogP contribution >= 0.6 is 21.6 Å². The van der Waals surface area contributed by atoms with E-state index in [-0.39, 0.29) is 5.12 Å². The SMILES string of the molecule is CSSC(=O)Cc1ccccc1. The normalized spacial score (nSPS) is 9.75. The summed E-state index contributed by atoms with van der Waals surface area (Å²) in [5, 5.41) is 0.216. The van der Waals surface area contributed by atoms with Gasteiger partial charge in [0.25, 0.3) is 0 Å². The molecule has 1 nitrogen and oxygen atoms in total. The van der Waals surface area contributed by atoms with E-state index in [4.69, 9.17) is 0 Å². The molecular weight excluding hydrogens is 188 g/mol. The lowest BCUT2D eigenvalue weighted by molar-refractivity contribution is -0.110. The molecule has 64 valence electrons. The van der Waals surface area contributed by atoms with Gasteiger partial charge >= 0.3 is 0 Å². The zero-order chi connectivity index (χ0) is 8.81. The van der Waals surface area contributed by atoms with E-state index >= 15 is 0 Å². The van der Waals surface area contributed by atoms with Gasteiger partial charge in [0.2, 0.25) is 5.12 Å². The van der Waals surface area contributed by atoms with Crippen molar-refractivity contribution in [1.82, 2.24) is 0 Å². The minimum absolute atomic E-state index is 0.216. The fraction of sp³-hybridized carbons (Fsp3) is 0.222. The molecule has 0 saturated heterocycles. The average molecular weight is 198 g/mol. The van der Waals surface area contributed by atoms with Crippen LogP contribution in [0.5, 0.6) is 0 Å². The van der Waals surface area contributed by atoms with Crippen LogP contribution in [-0.2, 0) is 11.2 Å². The smallest absolute Gasteiger partial charge is 0.203 e. The summed E-state index contributed by atoms with van der Waals surface area (Å²) < 4.78 is 0. The molecule has 0 radical (unpaired) electrons. The molecule has 0 aliphatic rings. The molecule has 0 unspecified atom stereocenters. The summed E-state index contributed by atoms with van der Waals surface area (Å²) >= 11 is 0. The van der Waals surface area contributed by atoms with E-state index in [1.807, 2.05) is 36.6 Å². The van der Waals surface area contributed by atoms with Gasteiger partial charge < -0.3 is 0 Å². The quantitative estimate of drug-likeness (QED) is 0.695. The maximum atomic E-state index is 11.2. The molecule has 0 heterocycles. The number of hydrogen-bond acceptors (Lipinski definition) is 3.